The van der Waals surface area contributed by atoms with Crippen molar-refractivity contribution in [2.75, 3.05) is 6.54 Å². The summed E-state index contributed by atoms with van der Waals surface area (Å²) in [6.45, 7) is 0.745. The minimum absolute atomic E-state index is 0.243. The van der Waals surface area contributed by atoms with E-state index in [-0.39, 0.29) is 18.3 Å². The molecule has 0 unspecified atom stereocenters. The van der Waals surface area contributed by atoms with Crippen molar-refractivity contribution >= 4 is 16.8 Å². The number of hydrogen-bond donors (Lipinski definition) is 1. The molecule has 0 aliphatic heterocycles. The Hall–Kier alpha value is -3.54. The Morgan fingerprint density at radius 2 is 1.86 bits per heavy atom. The summed E-state index contributed by atoms with van der Waals surface area (Å²) in [6, 6.07) is 17.9. The second-order valence-electron chi connectivity index (χ2n) is 6.48. The number of halogens is 1. The maximum absolute atomic E-state index is 14.0. The molecule has 6 heteroatoms. The Balaban J connectivity index is 1.55. The first-order chi connectivity index (χ1) is 13.7. The lowest BCUT2D eigenvalue weighted by atomic mass is 10.2. The number of pyridine rings is 1. The van der Waals surface area contributed by atoms with Crippen LogP contribution in [-0.4, -0.2) is 27.2 Å². The van der Waals surface area contributed by atoms with Crippen LogP contribution in [0.15, 0.2) is 73.1 Å². The van der Waals surface area contributed by atoms with Gasteiger partial charge in [-0.15, -0.1) is 0 Å². The number of hydrogen-bond acceptors (Lipinski definition) is 3. The van der Waals surface area contributed by atoms with Gasteiger partial charge in [-0.25, -0.2) is 4.39 Å². The standard InChI is InChI=1S/C22H19FN4O/c23-19-9-3-1-7-17(19)15-27-20-10-4-2-8-18(20)21(26-27)22(28)25-13-11-16-6-5-12-24-14-16/h1-10,12,14H,11,13,15H2,(H,25,28). The monoisotopic (exact) mass is 374 g/mol. The average Bonchev–Trinajstić information content (AvgIpc) is 3.09. The van der Waals surface area contributed by atoms with E-state index in [9.17, 15) is 9.18 Å². The largest absolute Gasteiger partial charge is 0.350 e. The number of benzene rings is 2. The molecule has 0 bridgehead atoms. The van der Waals surface area contributed by atoms with Crippen LogP contribution in [0.1, 0.15) is 21.6 Å². The second-order valence-corrected chi connectivity index (χ2v) is 6.48. The maximum atomic E-state index is 14.0. The first-order valence-electron chi connectivity index (χ1n) is 9.08. The summed E-state index contributed by atoms with van der Waals surface area (Å²) < 4.78 is 15.7. The van der Waals surface area contributed by atoms with Gasteiger partial charge >= 0.3 is 0 Å². The van der Waals surface area contributed by atoms with Crippen molar-refractivity contribution in [3.63, 3.8) is 0 Å². The van der Waals surface area contributed by atoms with E-state index in [1.54, 1.807) is 35.3 Å². The normalized spacial score (nSPS) is 10.9. The zero-order valence-corrected chi connectivity index (χ0v) is 15.2. The van der Waals surface area contributed by atoms with Gasteiger partial charge < -0.3 is 5.32 Å². The number of carbonyl (C=O) groups excluding carboxylic acids is 1. The molecular formula is C22H19FN4O. The summed E-state index contributed by atoms with van der Waals surface area (Å²) >= 11 is 0. The van der Waals surface area contributed by atoms with Gasteiger partial charge in [0, 0.05) is 29.9 Å². The first kappa shape index (κ1) is 17.9. The number of rotatable bonds is 6. The number of fused-ring (bicyclic) bond motifs is 1. The van der Waals surface area contributed by atoms with Gasteiger partial charge in [0.15, 0.2) is 5.69 Å². The van der Waals surface area contributed by atoms with Gasteiger partial charge in [0.25, 0.3) is 5.91 Å². The first-order valence-corrected chi connectivity index (χ1v) is 9.08. The Labute approximate surface area is 161 Å². The molecular weight excluding hydrogens is 355 g/mol. The third-order valence-electron chi connectivity index (χ3n) is 4.57. The van der Waals surface area contributed by atoms with Crippen LogP contribution < -0.4 is 5.32 Å². The molecule has 4 aromatic rings. The molecule has 0 saturated carbocycles. The highest BCUT2D eigenvalue weighted by Gasteiger charge is 2.17. The molecule has 1 N–H and O–H groups in total. The molecule has 0 atom stereocenters. The highest BCUT2D eigenvalue weighted by atomic mass is 19.1. The Morgan fingerprint density at radius 1 is 1.04 bits per heavy atom. The summed E-state index contributed by atoms with van der Waals surface area (Å²) in [5.74, 6) is -0.531. The smallest absolute Gasteiger partial charge is 0.272 e. The zero-order chi connectivity index (χ0) is 19.3. The predicted octanol–water partition coefficient (Wildman–Crippen LogP) is 3.59. The van der Waals surface area contributed by atoms with Gasteiger partial charge in [0.2, 0.25) is 0 Å². The molecule has 0 aliphatic carbocycles. The molecule has 28 heavy (non-hydrogen) atoms. The number of aromatic nitrogens is 3. The minimum atomic E-state index is -0.287. The molecule has 0 spiro atoms. The van der Waals surface area contributed by atoms with E-state index in [0.29, 0.717) is 24.2 Å². The molecule has 2 heterocycles. The van der Waals surface area contributed by atoms with Crippen molar-refractivity contribution in [2.24, 2.45) is 0 Å². The fourth-order valence-corrected chi connectivity index (χ4v) is 3.15. The summed E-state index contributed by atoms with van der Waals surface area (Å²) in [5, 5.41) is 8.14. The van der Waals surface area contributed by atoms with Gasteiger partial charge in [-0.3, -0.25) is 14.5 Å². The highest BCUT2D eigenvalue weighted by molar-refractivity contribution is 6.04. The van der Waals surface area contributed by atoms with E-state index in [1.165, 1.54) is 6.07 Å². The summed E-state index contributed by atoms with van der Waals surface area (Å²) in [6.07, 6.45) is 4.19. The number of nitrogens with one attached hydrogen (secondary N) is 1. The molecule has 0 fully saturated rings. The van der Waals surface area contributed by atoms with E-state index >= 15 is 0 Å². The van der Waals surface area contributed by atoms with Crippen LogP contribution in [0.4, 0.5) is 4.39 Å². The topological polar surface area (TPSA) is 59.8 Å². The molecule has 5 nitrogen and oxygen atoms in total. The van der Waals surface area contributed by atoms with Crippen LogP contribution >= 0.6 is 0 Å². The SMILES string of the molecule is O=C(NCCc1cccnc1)c1nn(Cc2ccccc2F)c2ccccc12. The van der Waals surface area contributed by atoms with Crippen LogP contribution in [0.25, 0.3) is 10.9 Å². The Morgan fingerprint density at radius 3 is 2.68 bits per heavy atom. The Kier molecular flexibility index (Phi) is 5.10. The van der Waals surface area contributed by atoms with Crippen molar-refractivity contribution in [3.05, 3.63) is 95.7 Å². The fraction of sp³-hybridized carbons (Fsp3) is 0.136. The van der Waals surface area contributed by atoms with Gasteiger partial charge in [0.05, 0.1) is 12.1 Å². The van der Waals surface area contributed by atoms with Crippen molar-refractivity contribution in [1.82, 2.24) is 20.1 Å². The second kappa shape index (κ2) is 8.00. The molecule has 0 saturated heterocycles. The van der Waals surface area contributed by atoms with E-state index in [2.05, 4.69) is 15.4 Å². The van der Waals surface area contributed by atoms with Gasteiger partial charge in [-0.05, 0) is 30.2 Å². The quantitative estimate of drug-likeness (QED) is 0.561. The summed E-state index contributed by atoms with van der Waals surface area (Å²) in [7, 11) is 0. The molecule has 140 valence electrons. The predicted molar refractivity (Wildman–Crippen MR) is 106 cm³/mol. The van der Waals surface area contributed by atoms with Crippen LogP contribution in [0.3, 0.4) is 0 Å². The van der Waals surface area contributed by atoms with Crippen molar-refractivity contribution in [1.29, 1.82) is 0 Å². The minimum Gasteiger partial charge on any atom is -0.350 e. The highest BCUT2D eigenvalue weighted by Crippen LogP contribution is 2.20. The van der Waals surface area contributed by atoms with E-state index in [0.717, 1.165) is 16.5 Å². The fourth-order valence-electron chi connectivity index (χ4n) is 3.15. The zero-order valence-electron chi connectivity index (χ0n) is 15.2. The molecule has 0 aliphatic rings. The lowest BCUT2D eigenvalue weighted by Gasteiger charge is -2.05. The third-order valence-corrected chi connectivity index (χ3v) is 4.57. The molecule has 0 radical (unpaired) electrons. The number of nitrogens with zero attached hydrogens (tertiary/aromatic N) is 3. The van der Waals surface area contributed by atoms with Gasteiger partial charge in [0.1, 0.15) is 5.82 Å². The van der Waals surface area contributed by atoms with Gasteiger partial charge in [-0.2, -0.15) is 5.10 Å². The molecule has 4 rings (SSSR count). The van der Waals surface area contributed by atoms with Crippen LogP contribution in [0, 0.1) is 5.82 Å². The van der Waals surface area contributed by atoms with E-state index in [1.807, 2.05) is 36.4 Å². The molecule has 1 amide bonds. The lowest BCUT2D eigenvalue weighted by Crippen LogP contribution is -2.26. The van der Waals surface area contributed by atoms with Crippen LogP contribution in [0.2, 0.25) is 0 Å². The number of carbonyl (C=O) groups is 1. The molecule has 2 aromatic carbocycles. The van der Waals surface area contributed by atoms with Crippen molar-refractivity contribution in [3.8, 4) is 0 Å². The average molecular weight is 374 g/mol. The summed E-state index contributed by atoms with van der Waals surface area (Å²) in [5.41, 5.74) is 2.72. The third kappa shape index (κ3) is 3.76. The number of para-hydroxylation sites is 1. The van der Waals surface area contributed by atoms with Crippen molar-refractivity contribution < 1.29 is 9.18 Å². The van der Waals surface area contributed by atoms with Crippen LogP contribution in [-0.2, 0) is 13.0 Å². The van der Waals surface area contributed by atoms with Crippen molar-refractivity contribution in [2.45, 2.75) is 13.0 Å². The van der Waals surface area contributed by atoms with E-state index in [4.69, 9.17) is 0 Å². The maximum Gasteiger partial charge on any atom is 0.272 e. The number of amides is 1. The molecule has 2 aromatic heterocycles. The lowest BCUT2D eigenvalue weighted by molar-refractivity contribution is 0.0950. The van der Waals surface area contributed by atoms with Crippen LogP contribution in [0.5, 0.6) is 0 Å². The van der Waals surface area contributed by atoms with Gasteiger partial charge in [-0.1, -0.05) is 42.5 Å². The Bertz CT molecular complexity index is 1110. The summed E-state index contributed by atoms with van der Waals surface area (Å²) in [4.78, 5) is 16.8. The van der Waals surface area contributed by atoms with E-state index < -0.39 is 0 Å².